The van der Waals surface area contributed by atoms with Gasteiger partial charge in [-0.25, -0.2) is 4.39 Å². The van der Waals surface area contributed by atoms with E-state index in [4.69, 9.17) is 4.74 Å². The summed E-state index contributed by atoms with van der Waals surface area (Å²) in [5, 5.41) is 12.6. The highest BCUT2D eigenvalue weighted by molar-refractivity contribution is 5.33. The zero-order valence-electron chi connectivity index (χ0n) is 10.7. The smallest absolute Gasteiger partial charge is 0.123 e. The first kappa shape index (κ1) is 13.3. The molecule has 1 aliphatic carbocycles. The molecule has 0 aromatic heterocycles. The number of nitrogens with one attached hydrogen (secondary N) is 1. The quantitative estimate of drug-likeness (QED) is 0.815. The maximum absolute atomic E-state index is 13.2. The number of methoxy groups -OCH3 is 1. The summed E-state index contributed by atoms with van der Waals surface area (Å²) in [6, 6.07) is 4.51. The number of aliphatic hydroxyl groups is 1. The third-order valence-corrected chi connectivity index (χ3v) is 3.81. The first-order chi connectivity index (χ1) is 8.69. The topological polar surface area (TPSA) is 41.5 Å². The molecule has 18 heavy (non-hydrogen) atoms. The molecule has 0 bridgehead atoms. The first-order valence-corrected chi connectivity index (χ1v) is 6.33. The van der Waals surface area contributed by atoms with Crippen LogP contribution in [0.3, 0.4) is 0 Å². The third-order valence-electron chi connectivity index (χ3n) is 3.81. The summed E-state index contributed by atoms with van der Waals surface area (Å²) in [6.07, 6.45) is 3.32. The van der Waals surface area contributed by atoms with Gasteiger partial charge in [0.15, 0.2) is 0 Å². The maximum Gasteiger partial charge on any atom is 0.123 e. The second kappa shape index (κ2) is 5.67. The Morgan fingerprint density at radius 3 is 2.78 bits per heavy atom. The third kappa shape index (κ3) is 2.82. The maximum atomic E-state index is 13.2. The van der Waals surface area contributed by atoms with E-state index < -0.39 is 0 Å². The molecule has 2 rings (SSSR count). The fourth-order valence-electron chi connectivity index (χ4n) is 2.42. The van der Waals surface area contributed by atoms with Gasteiger partial charge in [0.1, 0.15) is 11.6 Å². The van der Waals surface area contributed by atoms with Crippen LogP contribution < -0.4 is 10.1 Å². The molecule has 100 valence electrons. The van der Waals surface area contributed by atoms with E-state index in [2.05, 4.69) is 5.32 Å². The molecule has 0 atom stereocenters. The van der Waals surface area contributed by atoms with E-state index in [1.54, 1.807) is 13.2 Å². The van der Waals surface area contributed by atoms with E-state index in [9.17, 15) is 9.50 Å². The van der Waals surface area contributed by atoms with E-state index in [1.807, 2.05) is 0 Å². The van der Waals surface area contributed by atoms with E-state index >= 15 is 0 Å². The molecule has 1 aliphatic rings. The Balaban J connectivity index is 1.91. The van der Waals surface area contributed by atoms with Crippen molar-refractivity contribution >= 4 is 0 Å². The molecule has 0 radical (unpaired) electrons. The highest BCUT2D eigenvalue weighted by Crippen LogP contribution is 2.39. The summed E-state index contributed by atoms with van der Waals surface area (Å²) >= 11 is 0. The molecular weight excluding hydrogens is 233 g/mol. The number of ether oxygens (including phenoxy) is 1. The molecule has 1 fully saturated rings. The molecule has 1 aromatic carbocycles. The molecule has 3 nitrogen and oxygen atoms in total. The van der Waals surface area contributed by atoms with Gasteiger partial charge in [-0.15, -0.1) is 0 Å². The summed E-state index contributed by atoms with van der Waals surface area (Å²) in [5.74, 6) is 0.434. The molecule has 0 spiro atoms. The number of aliphatic hydroxyl groups excluding tert-OH is 1. The second-order valence-electron chi connectivity index (χ2n) is 5.07. The van der Waals surface area contributed by atoms with Crippen molar-refractivity contribution in [1.29, 1.82) is 0 Å². The van der Waals surface area contributed by atoms with Gasteiger partial charge >= 0.3 is 0 Å². The Labute approximate surface area is 107 Å². The molecule has 0 amide bonds. The van der Waals surface area contributed by atoms with Gasteiger partial charge in [-0.05, 0) is 31.0 Å². The number of hydrogen-bond donors (Lipinski definition) is 2. The van der Waals surface area contributed by atoms with Gasteiger partial charge in [0.25, 0.3) is 0 Å². The van der Waals surface area contributed by atoms with Crippen molar-refractivity contribution in [2.24, 2.45) is 5.41 Å². The minimum Gasteiger partial charge on any atom is -0.496 e. The lowest BCUT2D eigenvalue weighted by Crippen LogP contribution is -2.42. The lowest BCUT2D eigenvalue weighted by atomic mass is 9.69. The average molecular weight is 253 g/mol. The Morgan fingerprint density at radius 1 is 1.44 bits per heavy atom. The minimum atomic E-state index is -0.256. The lowest BCUT2D eigenvalue weighted by molar-refractivity contribution is 0.0444. The van der Waals surface area contributed by atoms with Crippen molar-refractivity contribution in [3.63, 3.8) is 0 Å². The molecule has 1 aromatic rings. The molecule has 4 heteroatoms. The highest BCUT2D eigenvalue weighted by atomic mass is 19.1. The van der Waals surface area contributed by atoms with Crippen LogP contribution in [0.15, 0.2) is 18.2 Å². The Hall–Kier alpha value is -1.13. The Morgan fingerprint density at radius 2 is 2.22 bits per heavy atom. The Kier molecular flexibility index (Phi) is 4.19. The summed E-state index contributed by atoms with van der Waals surface area (Å²) in [6.45, 7) is 1.55. The van der Waals surface area contributed by atoms with Gasteiger partial charge in [0, 0.05) is 30.7 Å². The van der Waals surface area contributed by atoms with Gasteiger partial charge in [0.2, 0.25) is 0 Å². The van der Waals surface area contributed by atoms with Crippen LogP contribution in [-0.2, 0) is 6.54 Å². The van der Waals surface area contributed by atoms with Gasteiger partial charge < -0.3 is 15.2 Å². The molecule has 0 unspecified atom stereocenters. The van der Waals surface area contributed by atoms with E-state index in [0.29, 0.717) is 12.3 Å². The second-order valence-corrected chi connectivity index (χ2v) is 5.07. The van der Waals surface area contributed by atoms with Crippen LogP contribution in [0.25, 0.3) is 0 Å². The van der Waals surface area contributed by atoms with Crippen molar-refractivity contribution in [2.45, 2.75) is 25.8 Å². The predicted octanol–water partition coefficient (Wildman–Crippen LogP) is 2.09. The van der Waals surface area contributed by atoms with Gasteiger partial charge in [0.05, 0.1) is 7.11 Å². The SMILES string of the molecule is COc1ccc(F)cc1CNCC1(CO)CCC1. The number of rotatable bonds is 6. The van der Waals surface area contributed by atoms with Crippen LogP contribution in [0.2, 0.25) is 0 Å². The predicted molar refractivity (Wildman–Crippen MR) is 68.0 cm³/mol. The van der Waals surface area contributed by atoms with Crippen molar-refractivity contribution in [3.05, 3.63) is 29.6 Å². The van der Waals surface area contributed by atoms with Crippen LogP contribution in [-0.4, -0.2) is 25.4 Å². The fourth-order valence-corrected chi connectivity index (χ4v) is 2.42. The molecular formula is C14H20FNO2. The highest BCUT2D eigenvalue weighted by Gasteiger charge is 2.35. The number of benzene rings is 1. The first-order valence-electron chi connectivity index (χ1n) is 6.33. The minimum absolute atomic E-state index is 0.0422. The summed E-state index contributed by atoms with van der Waals surface area (Å²) in [7, 11) is 1.58. The van der Waals surface area contributed by atoms with Crippen LogP contribution in [0.4, 0.5) is 4.39 Å². The molecule has 2 N–H and O–H groups in total. The van der Waals surface area contributed by atoms with Crippen LogP contribution in [0, 0.1) is 11.2 Å². The van der Waals surface area contributed by atoms with E-state index in [1.165, 1.54) is 18.6 Å². The van der Waals surface area contributed by atoms with Crippen LogP contribution in [0.5, 0.6) is 5.75 Å². The van der Waals surface area contributed by atoms with Gasteiger partial charge in [-0.3, -0.25) is 0 Å². The average Bonchev–Trinajstić information content (AvgIpc) is 2.33. The lowest BCUT2D eigenvalue weighted by Gasteiger charge is -2.40. The van der Waals surface area contributed by atoms with Crippen molar-refractivity contribution in [2.75, 3.05) is 20.3 Å². The number of hydrogen-bond acceptors (Lipinski definition) is 3. The van der Waals surface area contributed by atoms with Gasteiger partial charge in [-0.1, -0.05) is 6.42 Å². The summed E-state index contributed by atoms with van der Waals surface area (Å²) < 4.78 is 18.4. The normalized spacial score (nSPS) is 17.3. The summed E-state index contributed by atoms with van der Waals surface area (Å²) in [5.41, 5.74) is 0.852. The molecule has 0 heterocycles. The molecule has 1 saturated carbocycles. The molecule has 0 aliphatic heterocycles. The van der Waals surface area contributed by atoms with Crippen molar-refractivity contribution < 1.29 is 14.2 Å². The largest absolute Gasteiger partial charge is 0.496 e. The van der Waals surface area contributed by atoms with Gasteiger partial charge in [-0.2, -0.15) is 0 Å². The van der Waals surface area contributed by atoms with E-state index in [-0.39, 0.29) is 17.8 Å². The van der Waals surface area contributed by atoms with Crippen LogP contribution >= 0.6 is 0 Å². The zero-order chi connectivity index (χ0) is 13.0. The standard InChI is InChI=1S/C14H20FNO2/c1-18-13-4-3-12(15)7-11(13)8-16-9-14(10-17)5-2-6-14/h3-4,7,16-17H,2,5-6,8-10H2,1H3. The van der Waals surface area contributed by atoms with E-state index in [0.717, 1.165) is 24.9 Å². The fraction of sp³-hybridized carbons (Fsp3) is 0.571. The van der Waals surface area contributed by atoms with Crippen molar-refractivity contribution in [3.8, 4) is 5.75 Å². The zero-order valence-corrected chi connectivity index (χ0v) is 10.7. The monoisotopic (exact) mass is 253 g/mol. The van der Waals surface area contributed by atoms with Crippen LogP contribution in [0.1, 0.15) is 24.8 Å². The number of halogens is 1. The Bertz CT molecular complexity index is 399. The summed E-state index contributed by atoms with van der Waals surface area (Å²) in [4.78, 5) is 0. The molecule has 0 saturated heterocycles. The van der Waals surface area contributed by atoms with Crippen molar-refractivity contribution in [1.82, 2.24) is 5.32 Å².